The van der Waals surface area contributed by atoms with E-state index in [1.165, 1.54) is 6.20 Å². The highest BCUT2D eigenvalue weighted by Crippen LogP contribution is 2.38. The molecule has 1 fully saturated rings. The Kier molecular flexibility index (Phi) is 7.06. The first-order valence-corrected chi connectivity index (χ1v) is 14.0. The molecule has 3 aromatic heterocycles. The van der Waals surface area contributed by atoms with Gasteiger partial charge in [0.1, 0.15) is 22.9 Å². The molecule has 1 aliphatic rings. The van der Waals surface area contributed by atoms with E-state index in [2.05, 4.69) is 26.6 Å². The van der Waals surface area contributed by atoms with Crippen LogP contribution in [-0.2, 0) is 10.0 Å². The molecule has 0 saturated heterocycles. The van der Waals surface area contributed by atoms with E-state index >= 15 is 0 Å². The second-order valence-corrected chi connectivity index (χ2v) is 11.1. The summed E-state index contributed by atoms with van der Waals surface area (Å²) < 4.78 is 47.0. The maximum absolute atomic E-state index is 12.9. The first-order valence-electron chi connectivity index (χ1n) is 12.4. The summed E-state index contributed by atoms with van der Waals surface area (Å²) in [4.78, 5) is 18.4. The minimum absolute atomic E-state index is 0.0516. The van der Waals surface area contributed by atoms with Crippen molar-refractivity contribution in [2.24, 2.45) is 11.8 Å². The molecule has 1 aliphatic carbocycles. The van der Waals surface area contributed by atoms with Crippen molar-refractivity contribution < 1.29 is 22.6 Å². The third kappa shape index (κ3) is 5.08. The highest BCUT2D eigenvalue weighted by molar-refractivity contribution is 7.92. The highest BCUT2D eigenvalue weighted by atomic mass is 32.2. The van der Waals surface area contributed by atoms with Crippen molar-refractivity contribution in [2.45, 2.75) is 26.7 Å². The summed E-state index contributed by atoms with van der Waals surface area (Å²) in [5.41, 5.74) is 1.64. The van der Waals surface area contributed by atoms with E-state index in [0.29, 0.717) is 58.4 Å². The van der Waals surface area contributed by atoms with Crippen molar-refractivity contribution in [3.05, 3.63) is 42.6 Å². The Morgan fingerprint density at radius 3 is 2.39 bits per heavy atom. The predicted molar refractivity (Wildman–Crippen MR) is 143 cm³/mol. The van der Waals surface area contributed by atoms with Gasteiger partial charge in [-0.3, -0.25) is 9.29 Å². The van der Waals surface area contributed by atoms with Crippen LogP contribution in [0.25, 0.3) is 28.5 Å². The second-order valence-electron chi connectivity index (χ2n) is 9.30. The molecule has 3 heterocycles. The fraction of sp³-hybridized carbons (Fsp3) is 0.385. The van der Waals surface area contributed by atoms with Crippen LogP contribution in [-0.4, -0.2) is 59.5 Å². The topological polar surface area (TPSA) is 130 Å². The molecule has 200 valence electrons. The molecule has 0 radical (unpaired) electrons. The number of hydrogen-bond acceptors (Lipinski definition) is 9. The number of nitrogens with zero attached hydrogens (tertiary/aromatic N) is 5. The third-order valence-corrected chi connectivity index (χ3v) is 7.86. The van der Waals surface area contributed by atoms with Crippen molar-refractivity contribution in [1.29, 1.82) is 0 Å². The lowest BCUT2D eigenvalue weighted by Crippen LogP contribution is -2.31. The summed E-state index contributed by atoms with van der Waals surface area (Å²) in [6.07, 6.45) is 3.18. The summed E-state index contributed by atoms with van der Waals surface area (Å²) >= 11 is 0. The number of sulfonamides is 1. The first-order chi connectivity index (χ1) is 18.3. The van der Waals surface area contributed by atoms with E-state index in [4.69, 9.17) is 19.2 Å². The molecule has 0 spiro atoms. The number of nitrogens with one attached hydrogen (secondary N) is 1. The van der Waals surface area contributed by atoms with Gasteiger partial charge in [0.05, 0.1) is 32.8 Å². The molecule has 38 heavy (non-hydrogen) atoms. The van der Waals surface area contributed by atoms with Gasteiger partial charge in [0.2, 0.25) is 15.9 Å². The highest BCUT2D eigenvalue weighted by Gasteiger charge is 2.30. The van der Waals surface area contributed by atoms with Gasteiger partial charge in [0.15, 0.2) is 22.9 Å². The van der Waals surface area contributed by atoms with E-state index < -0.39 is 10.0 Å². The zero-order valence-electron chi connectivity index (χ0n) is 21.7. The zero-order valence-corrected chi connectivity index (χ0v) is 22.5. The largest absolute Gasteiger partial charge is 0.494 e. The van der Waals surface area contributed by atoms with Crippen LogP contribution in [0.15, 0.2) is 42.6 Å². The van der Waals surface area contributed by atoms with Crippen molar-refractivity contribution in [1.82, 2.24) is 24.5 Å². The fourth-order valence-electron chi connectivity index (χ4n) is 4.82. The number of benzene rings is 1. The molecule has 0 unspecified atom stereocenters. The van der Waals surface area contributed by atoms with Gasteiger partial charge < -0.3 is 14.2 Å². The summed E-state index contributed by atoms with van der Waals surface area (Å²) in [5, 5.41) is 0. The smallest absolute Gasteiger partial charge is 0.234 e. The second kappa shape index (κ2) is 10.4. The molecule has 5 rings (SSSR count). The lowest BCUT2D eigenvalue weighted by molar-refractivity contribution is 0.235. The van der Waals surface area contributed by atoms with Crippen LogP contribution in [0.2, 0.25) is 0 Å². The van der Waals surface area contributed by atoms with Gasteiger partial charge in [-0.2, -0.15) is 0 Å². The third-order valence-electron chi connectivity index (χ3n) is 6.43. The SMILES string of the molecule is CCOc1cccc(-c2nc3ncc(NS(=O)(=O)CC4CC(C)C4)nc3n2-c2c(OC)cccc2OC)n1. The molecule has 0 bridgehead atoms. The number of para-hydroxylation sites is 1. The van der Waals surface area contributed by atoms with Gasteiger partial charge in [-0.1, -0.05) is 19.1 Å². The van der Waals surface area contributed by atoms with E-state index in [1.807, 2.05) is 13.0 Å². The van der Waals surface area contributed by atoms with E-state index in [0.717, 1.165) is 12.8 Å². The normalized spacial score (nSPS) is 17.2. The standard InChI is InChI=1S/C26H30N6O5S/c1-5-37-22-11-6-8-18(28-22)25-30-24-26(32(25)23-19(35-3)9-7-10-20(23)36-4)29-21(14-27-24)31-38(33,34)15-17-12-16(2)13-17/h6-11,14,16-17H,5,12-13,15H2,1-4H3,(H,29,31). The van der Waals surface area contributed by atoms with Crippen molar-refractivity contribution >= 4 is 27.1 Å². The Morgan fingerprint density at radius 2 is 1.74 bits per heavy atom. The quantitative estimate of drug-likeness (QED) is 0.317. The van der Waals surface area contributed by atoms with Crippen molar-refractivity contribution in [3.8, 4) is 34.6 Å². The first kappa shape index (κ1) is 25.7. The zero-order chi connectivity index (χ0) is 26.9. The average Bonchev–Trinajstić information content (AvgIpc) is 3.25. The lowest BCUT2D eigenvalue weighted by Gasteiger charge is -2.32. The number of methoxy groups -OCH3 is 2. The minimum atomic E-state index is -3.61. The van der Waals surface area contributed by atoms with Gasteiger partial charge in [-0.25, -0.2) is 28.4 Å². The van der Waals surface area contributed by atoms with E-state index in [9.17, 15) is 8.42 Å². The Hall–Kier alpha value is -3.93. The van der Waals surface area contributed by atoms with Crippen LogP contribution < -0.4 is 18.9 Å². The van der Waals surface area contributed by atoms with Gasteiger partial charge >= 0.3 is 0 Å². The predicted octanol–water partition coefficient (Wildman–Crippen LogP) is 4.08. The van der Waals surface area contributed by atoms with Crippen LogP contribution in [0.3, 0.4) is 0 Å². The number of aromatic nitrogens is 5. The van der Waals surface area contributed by atoms with E-state index in [-0.39, 0.29) is 17.5 Å². The number of anilines is 1. The number of hydrogen-bond donors (Lipinski definition) is 1. The molecular weight excluding hydrogens is 508 g/mol. The lowest BCUT2D eigenvalue weighted by atomic mass is 9.77. The summed E-state index contributed by atoms with van der Waals surface area (Å²) in [5.74, 6) is 2.71. The van der Waals surface area contributed by atoms with Gasteiger partial charge in [0, 0.05) is 6.07 Å². The minimum Gasteiger partial charge on any atom is -0.494 e. The van der Waals surface area contributed by atoms with E-state index in [1.54, 1.807) is 49.1 Å². The number of rotatable bonds is 10. The van der Waals surface area contributed by atoms with Crippen LogP contribution in [0.5, 0.6) is 17.4 Å². The molecule has 0 atom stereocenters. The fourth-order valence-corrected chi connectivity index (χ4v) is 6.21. The van der Waals surface area contributed by atoms with Crippen LogP contribution in [0.1, 0.15) is 26.7 Å². The van der Waals surface area contributed by atoms with Crippen LogP contribution in [0.4, 0.5) is 5.82 Å². The summed E-state index contributed by atoms with van der Waals surface area (Å²) in [7, 11) is -0.501. The number of fused-ring (bicyclic) bond motifs is 1. The van der Waals surface area contributed by atoms with Gasteiger partial charge in [0.25, 0.3) is 0 Å². The Morgan fingerprint density at radius 1 is 1.03 bits per heavy atom. The summed E-state index contributed by atoms with van der Waals surface area (Å²) in [6.45, 7) is 4.46. The van der Waals surface area contributed by atoms with Crippen molar-refractivity contribution in [2.75, 3.05) is 31.3 Å². The molecule has 1 N–H and O–H groups in total. The molecule has 1 aromatic carbocycles. The Bertz CT molecular complexity index is 1540. The molecular formula is C26H30N6O5S. The van der Waals surface area contributed by atoms with Crippen LogP contribution >= 0.6 is 0 Å². The molecule has 1 saturated carbocycles. The maximum atomic E-state index is 12.9. The molecule has 0 aliphatic heterocycles. The molecule has 11 nitrogen and oxygen atoms in total. The van der Waals surface area contributed by atoms with Gasteiger partial charge in [-0.15, -0.1) is 0 Å². The monoisotopic (exact) mass is 538 g/mol. The van der Waals surface area contributed by atoms with Gasteiger partial charge in [-0.05, 0) is 49.8 Å². The molecule has 12 heteroatoms. The molecule has 4 aromatic rings. The Balaban J connectivity index is 1.67. The number of imidazole rings is 1. The molecule has 0 amide bonds. The van der Waals surface area contributed by atoms with Crippen molar-refractivity contribution in [3.63, 3.8) is 0 Å². The van der Waals surface area contributed by atoms with Crippen LogP contribution in [0, 0.1) is 11.8 Å². The maximum Gasteiger partial charge on any atom is 0.234 e. The number of pyridine rings is 1. The summed E-state index contributed by atoms with van der Waals surface area (Å²) in [6, 6.07) is 10.8. The average molecular weight is 539 g/mol. The Labute approximate surface area is 221 Å². The number of ether oxygens (including phenoxy) is 3.